The summed E-state index contributed by atoms with van der Waals surface area (Å²) in [5.41, 5.74) is -4.45. The van der Waals surface area contributed by atoms with E-state index in [0.717, 1.165) is 24.7 Å². The van der Waals surface area contributed by atoms with E-state index < -0.39 is 27.1 Å². The predicted molar refractivity (Wildman–Crippen MR) is 49.3 cm³/mol. The lowest BCUT2D eigenvalue weighted by atomic mass is 10.5. The van der Waals surface area contributed by atoms with Gasteiger partial charge in [-0.1, -0.05) is 0 Å². The predicted octanol–water partition coefficient (Wildman–Crippen LogP) is 2.10. The van der Waals surface area contributed by atoms with Gasteiger partial charge in [0.15, 0.2) is 9.84 Å². The Hall–Kier alpha value is -0.760. The summed E-state index contributed by atoms with van der Waals surface area (Å²) in [6.07, 6.45) is 2.88. The van der Waals surface area contributed by atoms with Crippen molar-refractivity contribution in [2.45, 2.75) is 15.3 Å². The summed E-state index contributed by atoms with van der Waals surface area (Å²) >= 11 is -0.396. The van der Waals surface area contributed by atoms with Gasteiger partial charge in [-0.2, -0.15) is 13.2 Å². The van der Waals surface area contributed by atoms with Gasteiger partial charge in [0, 0.05) is 23.5 Å². The van der Waals surface area contributed by atoms with Crippen LogP contribution >= 0.6 is 11.8 Å². The van der Waals surface area contributed by atoms with Gasteiger partial charge in [-0.15, -0.1) is 0 Å². The molecule has 0 aliphatic heterocycles. The zero-order chi connectivity index (χ0) is 11.7. The number of aromatic nitrogens is 1. The van der Waals surface area contributed by atoms with Crippen LogP contribution in [0.3, 0.4) is 0 Å². The maximum Gasteiger partial charge on any atom is 0.446 e. The molecule has 1 aromatic rings. The van der Waals surface area contributed by atoms with Gasteiger partial charge < -0.3 is 0 Å². The molecule has 0 aliphatic carbocycles. The van der Waals surface area contributed by atoms with Crippen LogP contribution in [0.4, 0.5) is 13.2 Å². The van der Waals surface area contributed by atoms with Gasteiger partial charge in [0.2, 0.25) is 0 Å². The first-order valence-electron chi connectivity index (χ1n) is 3.59. The van der Waals surface area contributed by atoms with Gasteiger partial charge in [-0.05, 0) is 17.8 Å². The molecule has 3 nitrogen and oxygen atoms in total. The largest absolute Gasteiger partial charge is 0.446 e. The van der Waals surface area contributed by atoms with Crippen LogP contribution in [-0.4, -0.2) is 25.2 Å². The van der Waals surface area contributed by atoms with E-state index in [0.29, 0.717) is 0 Å². The normalized spacial score (nSPS) is 12.8. The average molecular weight is 257 g/mol. The van der Waals surface area contributed by atoms with E-state index in [1.807, 2.05) is 0 Å². The molecule has 0 amide bonds. The number of halogens is 3. The zero-order valence-corrected chi connectivity index (χ0v) is 9.08. The number of sulfone groups is 1. The van der Waals surface area contributed by atoms with Crippen molar-refractivity contribution >= 4 is 21.6 Å². The molecule has 1 rings (SSSR count). The molecule has 0 atom stereocenters. The Kier molecular flexibility index (Phi) is 3.29. The fraction of sp³-hybridized carbons (Fsp3) is 0.286. The highest BCUT2D eigenvalue weighted by Gasteiger charge is 2.29. The van der Waals surface area contributed by atoms with E-state index in [4.69, 9.17) is 0 Å². The molecule has 0 aromatic carbocycles. The first kappa shape index (κ1) is 12.3. The van der Waals surface area contributed by atoms with E-state index in [-0.39, 0.29) is 9.79 Å². The van der Waals surface area contributed by atoms with Gasteiger partial charge in [0.1, 0.15) is 0 Å². The van der Waals surface area contributed by atoms with Gasteiger partial charge in [-0.25, -0.2) is 8.42 Å². The van der Waals surface area contributed by atoms with Crippen molar-refractivity contribution in [3.8, 4) is 0 Å². The number of nitrogens with zero attached hydrogens (tertiary/aromatic N) is 1. The van der Waals surface area contributed by atoms with Crippen LogP contribution in [0.25, 0.3) is 0 Å². The Balaban J connectivity index is 3.04. The first-order chi connectivity index (χ1) is 6.68. The molecule has 0 N–H and O–H groups in total. The summed E-state index contributed by atoms with van der Waals surface area (Å²) in [6, 6.07) is 0.945. The Labute approximate surface area is 88.6 Å². The molecule has 0 radical (unpaired) electrons. The van der Waals surface area contributed by atoms with Gasteiger partial charge in [-0.3, -0.25) is 4.98 Å². The second kappa shape index (κ2) is 4.01. The van der Waals surface area contributed by atoms with Crippen molar-refractivity contribution < 1.29 is 21.6 Å². The molecule has 0 saturated heterocycles. The Morgan fingerprint density at radius 3 is 2.40 bits per heavy atom. The molecule has 84 valence electrons. The standard InChI is InChI=1S/C7H6F3NO2S2/c1-15(12,13)6-2-5(3-11-4-6)14-7(8,9)10/h2-4H,1H3. The summed E-state index contributed by atoms with van der Waals surface area (Å²) < 4.78 is 57.9. The molecule has 0 fully saturated rings. The zero-order valence-electron chi connectivity index (χ0n) is 7.45. The molecule has 0 unspecified atom stereocenters. The lowest BCUT2D eigenvalue weighted by molar-refractivity contribution is -0.0328. The monoisotopic (exact) mass is 257 g/mol. The maximum atomic E-state index is 12.0. The molecule has 1 aromatic heterocycles. The second-order valence-corrected chi connectivity index (χ2v) is 5.83. The molecule has 0 aliphatic rings. The number of hydrogen-bond donors (Lipinski definition) is 0. The number of pyridine rings is 1. The third-order valence-electron chi connectivity index (χ3n) is 1.35. The molecule has 1 heterocycles. The Morgan fingerprint density at radius 2 is 1.93 bits per heavy atom. The molecular formula is C7H6F3NO2S2. The van der Waals surface area contributed by atoms with Crippen molar-refractivity contribution in [3.63, 3.8) is 0 Å². The van der Waals surface area contributed by atoms with E-state index in [9.17, 15) is 21.6 Å². The van der Waals surface area contributed by atoms with Crippen molar-refractivity contribution in [1.82, 2.24) is 4.98 Å². The third kappa shape index (κ3) is 4.08. The average Bonchev–Trinajstić information content (AvgIpc) is 1.99. The minimum absolute atomic E-state index is 0.225. The number of thioether (sulfide) groups is 1. The number of rotatable bonds is 2. The summed E-state index contributed by atoms with van der Waals surface area (Å²) in [5, 5.41) is 0. The van der Waals surface area contributed by atoms with Crippen molar-refractivity contribution in [3.05, 3.63) is 18.5 Å². The molecular weight excluding hydrogens is 251 g/mol. The second-order valence-electron chi connectivity index (χ2n) is 2.68. The summed E-state index contributed by atoms with van der Waals surface area (Å²) in [4.78, 5) is 2.97. The van der Waals surface area contributed by atoms with E-state index >= 15 is 0 Å². The summed E-state index contributed by atoms with van der Waals surface area (Å²) in [7, 11) is -3.52. The lowest BCUT2D eigenvalue weighted by Gasteiger charge is -2.05. The minimum atomic E-state index is -4.45. The van der Waals surface area contributed by atoms with Crippen LogP contribution in [0, 0.1) is 0 Å². The highest BCUT2D eigenvalue weighted by atomic mass is 32.2. The fourth-order valence-electron chi connectivity index (χ4n) is 0.791. The minimum Gasteiger partial charge on any atom is -0.262 e. The van der Waals surface area contributed by atoms with E-state index in [1.165, 1.54) is 0 Å². The van der Waals surface area contributed by atoms with Crippen LogP contribution in [0.15, 0.2) is 28.3 Å². The summed E-state index contributed by atoms with van der Waals surface area (Å²) in [6.45, 7) is 0. The van der Waals surface area contributed by atoms with Crippen LogP contribution < -0.4 is 0 Å². The van der Waals surface area contributed by atoms with Crippen LogP contribution in [0.5, 0.6) is 0 Å². The fourth-order valence-corrected chi connectivity index (χ4v) is 2.03. The molecule has 0 spiro atoms. The van der Waals surface area contributed by atoms with Gasteiger partial charge >= 0.3 is 5.51 Å². The number of alkyl halides is 3. The summed E-state index contributed by atoms with van der Waals surface area (Å²) in [5.74, 6) is 0. The van der Waals surface area contributed by atoms with Gasteiger partial charge in [0.25, 0.3) is 0 Å². The SMILES string of the molecule is CS(=O)(=O)c1cncc(SC(F)(F)F)c1. The molecule has 8 heteroatoms. The smallest absolute Gasteiger partial charge is 0.262 e. The van der Waals surface area contributed by atoms with E-state index in [1.54, 1.807) is 0 Å². The van der Waals surface area contributed by atoms with Gasteiger partial charge in [0.05, 0.1) is 4.90 Å². The molecule has 0 saturated carbocycles. The third-order valence-corrected chi connectivity index (χ3v) is 3.12. The molecule has 15 heavy (non-hydrogen) atoms. The topological polar surface area (TPSA) is 47.0 Å². The van der Waals surface area contributed by atoms with Crippen LogP contribution in [0.1, 0.15) is 0 Å². The Bertz CT molecular complexity index is 456. The quantitative estimate of drug-likeness (QED) is 0.761. The lowest BCUT2D eigenvalue weighted by Crippen LogP contribution is -2.01. The van der Waals surface area contributed by atoms with Crippen LogP contribution in [-0.2, 0) is 9.84 Å². The first-order valence-corrected chi connectivity index (χ1v) is 6.30. The van der Waals surface area contributed by atoms with Crippen molar-refractivity contribution in [2.24, 2.45) is 0 Å². The van der Waals surface area contributed by atoms with Crippen LogP contribution in [0.2, 0.25) is 0 Å². The number of hydrogen-bond acceptors (Lipinski definition) is 4. The maximum absolute atomic E-state index is 12.0. The highest BCUT2D eigenvalue weighted by Crippen LogP contribution is 2.36. The molecule has 0 bridgehead atoms. The Morgan fingerprint density at radius 1 is 1.33 bits per heavy atom. The van der Waals surface area contributed by atoms with Crippen molar-refractivity contribution in [1.29, 1.82) is 0 Å². The highest BCUT2D eigenvalue weighted by molar-refractivity contribution is 8.00. The van der Waals surface area contributed by atoms with Crippen molar-refractivity contribution in [2.75, 3.05) is 6.26 Å². The van der Waals surface area contributed by atoms with E-state index in [2.05, 4.69) is 4.98 Å².